The Bertz CT molecular complexity index is 491. The van der Waals surface area contributed by atoms with Gasteiger partial charge in [-0.2, -0.15) is 8.78 Å². The van der Waals surface area contributed by atoms with Crippen LogP contribution >= 0.6 is 0 Å². The molecule has 94 valence electrons. The molecular weight excluding hydrogens is 244 g/mol. The third-order valence-electron chi connectivity index (χ3n) is 1.63. The van der Waals surface area contributed by atoms with Crippen LogP contribution in [0.2, 0.25) is 0 Å². The van der Waals surface area contributed by atoms with Crippen LogP contribution in [0.25, 0.3) is 0 Å². The molecule has 0 bridgehead atoms. The third-order valence-corrected chi connectivity index (χ3v) is 1.63. The minimum atomic E-state index is -1.04. The zero-order valence-electron chi connectivity index (χ0n) is 9.05. The first-order valence-electron chi connectivity index (χ1n) is 4.76. The van der Waals surface area contributed by atoms with Gasteiger partial charge in [0.05, 0.1) is 0 Å². The summed E-state index contributed by atoms with van der Waals surface area (Å²) in [7, 11) is 0. The Balaban J connectivity index is 0.000000184. The van der Waals surface area contributed by atoms with Crippen molar-refractivity contribution < 1.29 is 18.7 Å². The largest absolute Gasteiger partial charge is 0.465 e. The summed E-state index contributed by atoms with van der Waals surface area (Å²) in [6.07, 6.45) is -0.212. The second-order valence-electron chi connectivity index (χ2n) is 2.96. The number of rotatable bonds is 1. The molecule has 0 radical (unpaired) electrons. The lowest BCUT2D eigenvalue weighted by Crippen LogP contribution is -2.06. The number of halogens is 2. The van der Waals surface area contributed by atoms with Crippen molar-refractivity contribution in [2.24, 2.45) is 0 Å². The van der Waals surface area contributed by atoms with Crippen molar-refractivity contribution in [2.45, 2.75) is 0 Å². The SMILES string of the molecule is Fc1cc(F)ncn1.O=C(O)Nc1ccccc1. The van der Waals surface area contributed by atoms with Gasteiger partial charge < -0.3 is 5.11 Å². The summed E-state index contributed by atoms with van der Waals surface area (Å²) in [5, 5.41) is 10.5. The fourth-order valence-corrected chi connectivity index (χ4v) is 0.957. The van der Waals surface area contributed by atoms with Gasteiger partial charge in [0.15, 0.2) is 0 Å². The summed E-state index contributed by atoms with van der Waals surface area (Å²) in [4.78, 5) is 16.1. The molecule has 1 amide bonds. The quantitative estimate of drug-likeness (QED) is 0.766. The molecule has 0 unspecified atom stereocenters. The first kappa shape index (κ1) is 13.5. The van der Waals surface area contributed by atoms with Crippen molar-refractivity contribution in [3.63, 3.8) is 0 Å². The summed E-state index contributed by atoms with van der Waals surface area (Å²) in [5.41, 5.74) is 0.593. The molecule has 0 saturated carbocycles. The van der Waals surface area contributed by atoms with Gasteiger partial charge in [-0.3, -0.25) is 5.32 Å². The van der Waals surface area contributed by atoms with E-state index >= 15 is 0 Å². The summed E-state index contributed by atoms with van der Waals surface area (Å²) in [6.45, 7) is 0. The fourth-order valence-electron chi connectivity index (χ4n) is 0.957. The average molecular weight is 253 g/mol. The van der Waals surface area contributed by atoms with Crippen molar-refractivity contribution in [3.05, 3.63) is 54.6 Å². The minimum Gasteiger partial charge on any atom is -0.465 e. The molecule has 0 saturated heterocycles. The van der Waals surface area contributed by atoms with Gasteiger partial charge in [0.1, 0.15) is 6.33 Å². The number of hydrogen-bond donors (Lipinski definition) is 2. The number of benzene rings is 1. The van der Waals surface area contributed by atoms with Gasteiger partial charge in [-0.25, -0.2) is 14.8 Å². The van der Waals surface area contributed by atoms with Gasteiger partial charge in [-0.15, -0.1) is 0 Å². The van der Waals surface area contributed by atoms with E-state index in [1.807, 2.05) is 6.07 Å². The van der Waals surface area contributed by atoms with Crippen LogP contribution in [-0.2, 0) is 0 Å². The Hall–Kier alpha value is -2.57. The topological polar surface area (TPSA) is 75.1 Å². The predicted molar refractivity (Wildman–Crippen MR) is 60.0 cm³/mol. The van der Waals surface area contributed by atoms with Crippen LogP contribution in [0.4, 0.5) is 19.3 Å². The zero-order valence-corrected chi connectivity index (χ0v) is 9.05. The molecular formula is C11H9F2N3O2. The van der Waals surface area contributed by atoms with E-state index in [2.05, 4.69) is 15.3 Å². The summed E-state index contributed by atoms with van der Waals surface area (Å²) in [6, 6.07) is 9.35. The number of nitrogens with one attached hydrogen (secondary N) is 1. The van der Waals surface area contributed by atoms with E-state index in [1.165, 1.54) is 0 Å². The van der Waals surface area contributed by atoms with Crippen LogP contribution in [-0.4, -0.2) is 21.2 Å². The number of carbonyl (C=O) groups is 1. The van der Waals surface area contributed by atoms with Gasteiger partial charge in [0, 0.05) is 11.8 Å². The number of amides is 1. The fraction of sp³-hybridized carbons (Fsp3) is 0. The normalized spacial score (nSPS) is 9.00. The monoisotopic (exact) mass is 253 g/mol. The maximum atomic E-state index is 11.8. The van der Waals surface area contributed by atoms with Crippen LogP contribution in [0.5, 0.6) is 0 Å². The van der Waals surface area contributed by atoms with Crippen molar-refractivity contribution in [1.82, 2.24) is 9.97 Å². The molecule has 0 aliphatic rings. The Labute approximate surface area is 101 Å². The van der Waals surface area contributed by atoms with Crippen LogP contribution in [0, 0.1) is 11.9 Å². The number of anilines is 1. The van der Waals surface area contributed by atoms with Gasteiger partial charge in [-0.05, 0) is 12.1 Å². The van der Waals surface area contributed by atoms with E-state index in [0.29, 0.717) is 11.8 Å². The van der Waals surface area contributed by atoms with E-state index in [9.17, 15) is 13.6 Å². The molecule has 2 aromatic rings. The molecule has 2 rings (SSSR count). The lowest BCUT2D eigenvalue weighted by atomic mass is 10.3. The molecule has 2 N–H and O–H groups in total. The van der Waals surface area contributed by atoms with Crippen molar-refractivity contribution in [2.75, 3.05) is 5.32 Å². The van der Waals surface area contributed by atoms with Crippen molar-refractivity contribution >= 4 is 11.8 Å². The second kappa shape index (κ2) is 6.89. The summed E-state index contributed by atoms with van der Waals surface area (Å²) < 4.78 is 23.6. The Kier molecular flexibility index (Phi) is 5.17. The van der Waals surface area contributed by atoms with E-state index in [1.54, 1.807) is 24.3 Å². The molecule has 0 aliphatic heterocycles. The first-order valence-corrected chi connectivity index (χ1v) is 4.76. The van der Waals surface area contributed by atoms with Crippen LogP contribution < -0.4 is 5.32 Å². The molecule has 18 heavy (non-hydrogen) atoms. The lowest BCUT2D eigenvalue weighted by Gasteiger charge is -1.96. The Morgan fingerprint density at radius 2 is 1.67 bits per heavy atom. The number of aromatic nitrogens is 2. The zero-order chi connectivity index (χ0) is 13.4. The van der Waals surface area contributed by atoms with Crippen LogP contribution in [0.3, 0.4) is 0 Å². The van der Waals surface area contributed by atoms with Crippen molar-refractivity contribution in [1.29, 1.82) is 0 Å². The highest BCUT2D eigenvalue weighted by atomic mass is 19.1. The summed E-state index contributed by atoms with van der Waals surface area (Å²) >= 11 is 0. The number of para-hydroxylation sites is 1. The lowest BCUT2D eigenvalue weighted by molar-refractivity contribution is 0.210. The summed E-state index contributed by atoms with van der Waals surface area (Å²) in [5.74, 6) is -1.70. The molecule has 0 spiro atoms. The molecule has 0 fully saturated rings. The number of carboxylic acid groups (broad SMARTS) is 1. The standard InChI is InChI=1S/C7H7NO2.C4H2F2N2/c9-7(10)8-6-4-2-1-3-5-6;5-3-1-4(6)8-2-7-3/h1-5,8H,(H,9,10);1-2H. The first-order chi connectivity index (χ1) is 8.58. The Morgan fingerprint density at radius 3 is 2.06 bits per heavy atom. The van der Waals surface area contributed by atoms with Gasteiger partial charge in [0.25, 0.3) is 0 Å². The van der Waals surface area contributed by atoms with E-state index in [-0.39, 0.29) is 0 Å². The minimum absolute atomic E-state index is 0.593. The highest BCUT2D eigenvalue weighted by molar-refractivity contribution is 5.82. The van der Waals surface area contributed by atoms with Crippen molar-refractivity contribution in [3.8, 4) is 0 Å². The maximum Gasteiger partial charge on any atom is 0.409 e. The molecule has 7 heteroatoms. The molecule has 1 aromatic heterocycles. The maximum absolute atomic E-state index is 11.8. The highest BCUT2D eigenvalue weighted by Gasteiger charge is 1.93. The average Bonchev–Trinajstić information content (AvgIpc) is 2.30. The van der Waals surface area contributed by atoms with E-state index in [0.717, 1.165) is 6.33 Å². The number of hydrogen-bond acceptors (Lipinski definition) is 3. The van der Waals surface area contributed by atoms with E-state index < -0.39 is 18.0 Å². The smallest absolute Gasteiger partial charge is 0.409 e. The van der Waals surface area contributed by atoms with Crippen LogP contribution in [0.1, 0.15) is 0 Å². The highest BCUT2D eigenvalue weighted by Crippen LogP contribution is 2.03. The van der Waals surface area contributed by atoms with Gasteiger partial charge >= 0.3 is 6.09 Å². The Morgan fingerprint density at radius 1 is 1.11 bits per heavy atom. The molecule has 1 aromatic carbocycles. The molecule has 5 nitrogen and oxygen atoms in total. The van der Waals surface area contributed by atoms with Gasteiger partial charge in [0.2, 0.25) is 11.9 Å². The predicted octanol–water partition coefficient (Wildman–Crippen LogP) is 2.53. The second-order valence-corrected chi connectivity index (χ2v) is 2.96. The van der Waals surface area contributed by atoms with Crippen LogP contribution in [0.15, 0.2) is 42.7 Å². The molecule has 1 heterocycles. The number of nitrogens with zero attached hydrogens (tertiary/aromatic N) is 2. The molecule has 0 aliphatic carbocycles. The third kappa shape index (κ3) is 5.50. The van der Waals surface area contributed by atoms with E-state index in [4.69, 9.17) is 5.11 Å². The molecule has 0 atom stereocenters. The van der Waals surface area contributed by atoms with Gasteiger partial charge in [-0.1, -0.05) is 18.2 Å².